The van der Waals surface area contributed by atoms with Crippen LogP contribution in [0.4, 0.5) is 0 Å². The molecule has 1 aliphatic heterocycles. The van der Waals surface area contributed by atoms with Gasteiger partial charge in [0.25, 0.3) is 0 Å². The first-order valence-electron chi connectivity index (χ1n) is 6.75. The largest absolute Gasteiger partial charge is 0.393 e. The molecule has 2 atom stereocenters. The molecule has 1 heterocycles. The molecule has 0 saturated carbocycles. The van der Waals surface area contributed by atoms with E-state index in [1.54, 1.807) is 0 Å². The van der Waals surface area contributed by atoms with E-state index in [4.69, 9.17) is 23.1 Å². The highest BCUT2D eigenvalue weighted by molar-refractivity contribution is 6.67. The molecule has 1 fully saturated rings. The van der Waals surface area contributed by atoms with Crippen LogP contribution >= 0.6 is 0 Å². The maximum atomic E-state index is 5.84. The SMILES string of the molecule is CCOC(COCC1CO1)[Si](C)(OCC)OCC. The van der Waals surface area contributed by atoms with E-state index < -0.39 is 8.56 Å². The van der Waals surface area contributed by atoms with E-state index in [1.165, 1.54) is 0 Å². The molecule has 18 heavy (non-hydrogen) atoms. The zero-order chi connectivity index (χ0) is 13.4. The van der Waals surface area contributed by atoms with Crippen LogP contribution in [-0.2, 0) is 23.1 Å². The molecule has 6 heteroatoms. The predicted molar refractivity (Wildman–Crippen MR) is 70.8 cm³/mol. The van der Waals surface area contributed by atoms with Crippen LogP contribution in [0.3, 0.4) is 0 Å². The lowest BCUT2D eigenvalue weighted by Gasteiger charge is -2.33. The summed E-state index contributed by atoms with van der Waals surface area (Å²) in [5.74, 6) is 0. The average molecular weight is 278 g/mol. The average Bonchev–Trinajstić information content (AvgIpc) is 3.12. The Morgan fingerprint density at radius 2 is 1.78 bits per heavy atom. The van der Waals surface area contributed by atoms with Gasteiger partial charge in [0.05, 0.1) is 19.8 Å². The summed E-state index contributed by atoms with van der Waals surface area (Å²) in [4.78, 5) is 0. The quantitative estimate of drug-likeness (QED) is 0.423. The summed E-state index contributed by atoms with van der Waals surface area (Å²) in [7, 11) is -2.34. The summed E-state index contributed by atoms with van der Waals surface area (Å²) in [5.41, 5.74) is -0.0962. The molecule has 108 valence electrons. The van der Waals surface area contributed by atoms with Crippen molar-refractivity contribution in [2.45, 2.75) is 39.1 Å². The minimum atomic E-state index is -2.34. The molecule has 0 radical (unpaired) electrons. The van der Waals surface area contributed by atoms with Gasteiger partial charge >= 0.3 is 8.56 Å². The van der Waals surface area contributed by atoms with Gasteiger partial charge in [-0.3, -0.25) is 0 Å². The van der Waals surface area contributed by atoms with E-state index >= 15 is 0 Å². The maximum absolute atomic E-state index is 5.84. The Kier molecular flexibility index (Phi) is 7.36. The third-order valence-electron chi connectivity index (χ3n) is 2.79. The first kappa shape index (κ1) is 16.1. The molecule has 0 N–H and O–H groups in total. The summed E-state index contributed by atoms with van der Waals surface area (Å²) < 4.78 is 28.2. The van der Waals surface area contributed by atoms with Crippen molar-refractivity contribution in [1.82, 2.24) is 0 Å². The topological polar surface area (TPSA) is 49.5 Å². The van der Waals surface area contributed by atoms with E-state index in [9.17, 15) is 0 Å². The van der Waals surface area contributed by atoms with Gasteiger partial charge in [-0.1, -0.05) is 0 Å². The van der Waals surface area contributed by atoms with Crippen LogP contribution in [-0.4, -0.2) is 60.0 Å². The van der Waals surface area contributed by atoms with Crippen molar-refractivity contribution in [3.05, 3.63) is 0 Å². The second-order valence-corrected chi connectivity index (χ2v) is 7.57. The minimum Gasteiger partial charge on any atom is -0.393 e. The van der Waals surface area contributed by atoms with Gasteiger partial charge in [-0.05, 0) is 27.3 Å². The van der Waals surface area contributed by atoms with Crippen molar-refractivity contribution in [2.24, 2.45) is 0 Å². The number of rotatable bonds is 11. The van der Waals surface area contributed by atoms with Crippen molar-refractivity contribution >= 4 is 8.56 Å². The monoisotopic (exact) mass is 278 g/mol. The molecule has 1 rings (SSSR count). The summed E-state index contributed by atoms with van der Waals surface area (Å²) >= 11 is 0. The van der Waals surface area contributed by atoms with Gasteiger partial charge in [0.2, 0.25) is 0 Å². The molecule has 0 aromatic heterocycles. The van der Waals surface area contributed by atoms with Crippen LogP contribution in [0, 0.1) is 0 Å². The highest BCUT2D eigenvalue weighted by atomic mass is 28.4. The summed E-state index contributed by atoms with van der Waals surface area (Å²) in [6, 6.07) is 0. The normalized spacial score (nSPS) is 21.0. The molecule has 0 aromatic rings. The zero-order valence-corrected chi connectivity index (χ0v) is 12.9. The lowest BCUT2D eigenvalue weighted by molar-refractivity contribution is -0.00753. The molecule has 0 aromatic carbocycles. The molecule has 0 bridgehead atoms. The van der Waals surface area contributed by atoms with E-state index in [1.807, 2.05) is 27.3 Å². The third kappa shape index (κ3) is 5.34. The Labute approximate surface area is 111 Å². The van der Waals surface area contributed by atoms with Gasteiger partial charge < -0.3 is 23.1 Å². The number of hydrogen-bond acceptors (Lipinski definition) is 5. The van der Waals surface area contributed by atoms with Gasteiger partial charge in [-0.2, -0.15) is 0 Å². The molecule has 0 aliphatic carbocycles. The van der Waals surface area contributed by atoms with Crippen molar-refractivity contribution in [2.75, 3.05) is 39.6 Å². The number of hydrogen-bond donors (Lipinski definition) is 0. The van der Waals surface area contributed by atoms with Gasteiger partial charge in [-0.25, -0.2) is 0 Å². The molecular formula is C12H26O5Si. The van der Waals surface area contributed by atoms with Crippen molar-refractivity contribution in [3.8, 4) is 0 Å². The van der Waals surface area contributed by atoms with Gasteiger partial charge in [-0.15, -0.1) is 0 Å². The van der Waals surface area contributed by atoms with Crippen molar-refractivity contribution < 1.29 is 23.1 Å². The molecule has 2 unspecified atom stereocenters. The van der Waals surface area contributed by atoms with Crippen LogP contribution in [0.25, 0.3) is 0 Å². The highest BCUT2D eigenvalue weighted by Crippen LogP contribution is 2.17. The predicted octanol–water partition coefficient (Wildman–Crippen LogP) is 1.49. The summed E-state index contributed by atoms with van der Waals surface area (Å²) in [6.07, 6.45) is 0.277. The fourth-order valence-electron chi connectivity index (χ4n) is 1.82. The van der Waals surface area contributed by atoms with E-state index in [0.29, 0.717) is 33.0 Å². The summed E-state index contributed by atoms with van der Waals surface area (Å²) in [5, 5.41) is 0. The fourth-order valence-corrected chi connectivity index (χ4v) is 4.32. The van der Waals surface area contributed by atoms with Crippen molar-refractivity contribution in [3.63, 3.8) is 0 Å². The van der Waals surface area contributed by atoms with Gasteiger partial charge in [0.1, 0.15) is 11.8 Å². The highest BCUT2D eigenvalue weighted by Gasteiger charge is 2.42. The first-order chi connectivity index (χ1) is 8.66. The van der Waals surface area contributed by atoms with Gasteiger partial charge in [0, 0.05) is 19.8 Å². The number of epoxide rings is 1. The molecule has 0 spiro atoms. The molecule has 5 nitrogen and oxygen atoms in total. The Morgan fingerprint density at radius 3 is 2.22 bits per heavy atom. The standard InChI is InChI=1S/C12H26O5Si/c1-5-14-12(10-13-8-11-9-15-11)18(4,16-6-2)17-7-3/h11-12H,5-10H2,1-4H3. The fraction of sp³-hybridized carbons (Fsp3) is 1.00. The lowest BCUT2D eigenvalue weighted by atomic mass is 10.5. The third-order valence-corrected chi connectivity index (χ3v) is 6.02. The molecule has 1 aliphatic rings. The zero-order valence-electron chi connectivity index (χ0n) is 11.9. The molecular weight excluding hydrogens is 252 g/mol. The molecule has 0 amide bonds. The second-order valence-electron chi connectivity index (χ2n) is 4.32. The van der Waals surface area contributed by atoms with E-state index in [2.05, 4.69) is 0 Å². The van der Waals surface area contributed by atoms with Crippen LogP contribution in [0.15, 0.2) is 0 Å². The van der Waals surface area contributed by atoms with Gasteiger partial charge in [0.15, 0.2) is 0 Å². The van der Waals surface area contributed by atoms with Crippen LogP contribution in [0.5, 0.6) is 0 Å². The van der Waals surface area contributed by atoms with Crippen molar-refractivity contribution in [1.29, 1.82) is 0 Å². The second kappa shape index (κ2) is 8.24. The Bertz CT molecular complexity index is 217. The minimum absolute atomic E-state index is 0.0962. The van der Waals surface area contributed by atoms with Crippen LogP contribution in [0.1, 0.15) is 20.8 Å². The van der Waals surface area contributed by atoms with Crippen LogP contribution in [0.2, 0.25) is 6.55 Å². The Balaban J connectivity index is 2.46. The van der Waals surface area contributed by atoms with E-state index in [0.717, 1.165) is 6.61 Å². The first-order valence-corrected chi connectivity index (χ1v) is 9.14. The lowest BCUT2D eigenvalue weighted by Crippen LogP contribution is -2.54. The number of ether oxygens (including phenoxy) is 3. The Hall–Kier alpha value is 0.0169. The molecule has 1 saturated heterocycles. The smallest absolute Gasteiger partial charge is 0.367 e. The summed E-state index contributed by atoms with van der Waals surface area (Å²) in [6.45, 7) is 11.8. The Morgan fingerprint density at radius 1 is 1.17 bits per heavy atom. The maximum Gasteiger partial charge on any atom is 0.367 e. The van der Waals surface area contributed by atoms with E-state index in [-0.39, 0.29) is 11.8 Å². The van der Waals surface area contributed by atoms with Crippen LogP contribution < -0.4 is 0 Å².